The van der Waals surface area contributed by atoms with Crippen molar-refractivity contribution in [1.29, 1.82) is 0 Å². The molecule has 2 rings (SSSR count). The van der Waals surface area contributed by atoms with Crippen LogP contribution in [0.1, 0.15) is 79.1 Å². The van der Waals surface area contributed by atoms with E-state index >= 15 is 0 Å². The second kappa shape index (κ2) is 5.81. The van der Waals surface area contributed by atoms with Crippen LogP contribution in [-0.4, -0.2) is 21.9 Å². The van der Waals surface area contributed by atoms with Gasteiger partial charge in [0, 0.05) is 0 Å². The molecule has 2 aliphatic carbocycles. The van der Waals surface area contributed by atoms with E-state index in [-0.39, 0.29) is 11.5 Å². The summed E-state index contributed by atoms with van der Waals surface area (Å²) in [6, 6.07) is 0. The average Bonchev–Trinajstić information content (AvgIpc) is 2.66. The lowest BCUT2D eigenvalue weighted by molar-refractivity contribution is 0.0145. The van der Waals surface area contributed by atoms with E-state index in [9.17, 15) is 10.2 Å². The second-order valence-electron chi connectivity index (χ2n) is 7.95. The third-order valence-electron chi connectivity index (χ3n) is 5.73. The number of hydrogen-bond donors (Lipinski definition) is 2. The number of aliphatic hydroxyl groups excluding tert-OH is 1. The zero-order chi connectivity index (χ0) is 15.0. The highest BCUT2D eigenvalue weighted by molar-refractivity contribution is 5.27. The summed E-state index contributed by atoms with van der Waals surface area (Å²) in [7, 11) is 0. The van der Waals surface area contributed by atoms with Crippen molar-refractivity contribution in [3.8, 4) is 0 Å². The Morgan fingerprint density at radius 2 is 2.05 bits per heavy atom. The summed E-state index contributed by atoms with van der Waals surface area (Å²) < 4.78 is 0. The van der Waals surface area contributed by atoms with Crippen molar-refractivity contribution in [3.05, 3.63) is 11.1 Å². The van der Waals surface area contributed by atoms with Crippen molar-refractivity contribution in [2.45, 2.75) is 90.8 Å². The summed E-state index contributed by atoms with van der Waals surface area (Å²) in [5, 5.41) is 20.1. The van der Waals surface area contributed by atoms with Gasteiger partial charge in [0.05, 0.1) is 11.7 Å². The van der Waals surface area contributed by atoms with E-state index < -0.39 is 5.60 Å². The molecule has 0 heterocycles. The Kier molecular flexibility index (Phi) is 4.66. The van der Waals surface area contributed by atoms with Crippen LogP contribution in [0.25, 0.3) is 0 Å². The van der Waals surface area contributed by atoms with Crippen LogP contribution in [0.15, 0.2) is 11.1 Å². The molecule has 2 N–H and O–H groups in total. The SMILES string of the molecule is C/C(CCCC(C)(C)O)=C1/CC[C@H]2C(O)CCCC12C. The van der Waals surface area contributed by atoms with Crippen molar-refractivity contribution < 1.29 is 10.2 Å². The van der Waals surface area contributed by atoms with Crippen LogP contribution in [0.5, 0.6) is 0 Å². The molecule has 0 aromatic carbocycles. The monoisotopic (exact) mass is 280 g/mol. The predicted molar refractivity (Wildman–Crippen MR) is 83.5 cm³/mol. The maximum Gasteiger partial charge on any atom is 0.0591 e. The van der Waals surface area contributed by atoms with Crippen molar-refractivity contribution in [2.24, 2.45) is 11.3 Å². The lowest BCUT2D eigenvalue weighted by atomic mass is 9.65. The van der Waals surface area contributed by atoms with Crippen molar-refractivity contribution >= 4 is 0 Å². The minimum Gasteiger partial charge on any atom is -0.393 e. The summed E-state index contributed by atoms with van der Waals surface area (Å²) in [6.45, 7) is 8.43. The standard InChI is InChI=1S/C18H32O2/c1-13(7-5-11-17(2,3)20)14-9-10-15-16(19)8-6-12-18(14,15)4/h15-16,19-20H,5-12H2,1-4H3/b14-13+/t15-,16?,18?/m0/s1. The first-order chi connectivity index (χ1) is 9.24. The molecule has 2 nitrogen and oxygen atoms in total. The molecule has 116 valence electrons. The molecule has 2 aliphatic rings. The minimum atomic E-state index is -0.548. The molecule has 0 aromatic rings. The molecule has 0 saturated heterocycles. The van der Waals surface area contributed by atoms with E-state index in [2.05, 4.69) is 13.8 Å². The summed E-state index contributed by atoms with van der Waals surface area (Å²) in [5.74, 6) is 0.482. The molecular weight excluding hydrogens is 248 g/mol. The fourth-order valence-corrected chi connectivity index (χ4v) is 4.60. The molecule has 2 unspecified atom stereocenters. The average molecular weight is 280 g/mol. The van der Waals surface area contributed by atoms with E-state index in [1.807, 2.05) is 13.8 Å². The Bertz CT molecular complexity index is 377. The molecule has 0 aliphatic heterocycles. The van der Waals surface area contributed by atoms with E-state index in [0.717, 1.165) is 38.5 Å². The Balaban J connectivity index is 2.05. The molecule has 3 atom stereocenters. The summed E-state index contributed by atoms with van der Waals surface area (Å²) in [4.78, 5) is 0. The zero-order valence-electron chi connectivity index (χ0n) is 13.7. The lowest BCUT2D eigenvalue weighted by Gasteiger charge is -2.41. The van der Waals surface area contributed by atoms with Crippen LogP contribution in [0.2, 0.25) is 0 Å². The van der Waals surface area contributed by atoms with Gasteiger partial charge in [-0.1, -0.05) is 18.1 Å². The van der Waals surface area contributed by atoms with Crippen molar-refractivity contribution in [1.82, 2.24) is 0 Å². The number of aliphatic hydroxyl groups is 2. The fourth-order valence-electron chi connectivity index (χ4n) is 4.60. The minimum absolute atomic E-state index is 0.0876. The van der Waals surface area contributed by atoms with Gasteiger partial charge in [0.25, 0.3) is 0 Å². The van der Waals surface area contributed by atoms with Gasteiger partial charge < -0.3 is 10.2 Å². The zero-order valence-corrected chi connectivity index (χ0v) is 13.7. The summed E-state index contributed by atoms with van der Waals surface area (Å²) in [6.07, 6.45) is 8.66. The highest BCUT2D eigenvalue weighted by Crippen LogP contribution is 2.56. The van der Waals surface area contributed by atoms with Gasteiger partial charge in [-0.15, -0.1) is 0 Å². The Morgan fingerprint density at radius 3 is 2.70 bits per heavy atom. The molecule has 2 fully saturated rings. The summed E-state index contributed by atoms with van der Waals surface area (Å²) in [5.41, 5.74) is 2.84. The van der Waals surface area contributed by atoms with Crippen LogP contribution in [0.3, 0.4) is 0 Å². The van der Waals surface area contributed by atoms with Crippen LogP contribution in [0.4, 0.5) is 0 Å². The second-order valence-corrected chi connectivity index (χ2v) is 7.95. The quantitative estimate of drug-likeness (QED) is 0.757. The Labute approximate surface area is 124 Å². The smallest absolute Gasteiger partial charge is 0.0591 e. The number of fused-ring (bicyclic) bond motifs is 1. The van der Waals surface area contributed by atoms with Gasteiger partial charge in [-0.05, 0) is 83.5 Å². The molecule has 2 saturated carbocycles. The maximum atomic E-state index is 10.3. The van der Waals surface area contributed by atoms with E-state index in [1.54, 1.807) is 5.57 Å². The number of rotatable bonds is 4. The van der Waals surface area contributed by atoms with E-state index in [1.165, 1.54) is 18.4 Å². The number of hydrogen-bond acceptors (Lipinski definition) is 2. The normalized spacial score (nSPS) is 36.9. The van der Waals surface area contributed by atoms with Crippen molar-refractivity contribution in [2.75, 3.05) is 0 Å². The Morgan fingerprint density at radius 1 is 1.35 bits per heavy atom. The van der Waals surface area contributed by atoms with Crippen LogP contribution in [-0.2, 0) is 0 Å². The molecule has 0 bridgehead atoms. The topological polar surface area (TPSA) is 40.5 Å². The molecule has 20 heavy (non-hydrogen) atoms. The van der Waals surface area contributed by atoms with E-state index in [4.69, 9.17) is 0 Å². The van der Waals surface area contributed by atoms with Gasteiger partial charge in [0.2, 0.25) is 0 Å². The van der Waals surface area contributed by atoms with Crippen LogP contribution in [0, 0.1) is 11.3 Å². The third-order valence-corrected chi connectivity index (χ3v) is 5.73. The molecule has 0 amide bonds. The number of allylic oxidation sites excluding steroid dienone is 2. The molecule has 0 spiro atoms. The molecule has 0 radical (unpaired) electrons. The third kappa shape index (κ3) is 3.28. The maximum absolute atomic E-state index is 10.3. The van der Waals surface area contributed by atoms with Gasteiger partial charge in [0.1, 0.15) is 0 Å². The Hall–Kier alpha value is -0.340. The van der Waals surface area contributed by atoms with E-state index in [0.29, 0.717) is 5.92 Å². The van der Waals surface area contributed by atoms with Crippen LogP contribution < -0.4 is 0 Å². The first kappa shape index (κ1) is 16.0. The summed E-state index contributed by atoms with van der Waals surface area (Å²) >= 11 is 0. The first-order valence-corrected chi connectivity index (χ1v) is 8.33. The highest BCUT2D eigenvalue weighted by Gasteiger charge is 2.48. The first-order valence-electron chi connectivity index (χ1n) is 8.33. The molecule has 2 heteroatoms. The highest BCUT2D eigenvalue weighted by atomic mass is 16.3. The van der Waals surface area contributed by atoms with Gasteiger partial charge >= 0.3 is 0 Å². The molecular formula is C18H32O2. The largest absolute Gasteiger partial charge is 0.393 e. The van der Waals surface area contributed by atoms with Crippen molar-refractivity contribution in [3.63, 3.8) is 0 Å². The van der Waals surface area contributed by atoms with Gasteiger partial charge in [0.15, 0.2) is 0 Å². The fraction of sp³-hybridized carbons (Fsp3) is 0.889. The predicted octanol–water partition coefficient (Wildman–Crippen LogP) is 4.21. The van der Waals surface area contributed by atoms with Gasteiger partial charge in [-0.25, -0.2) is 0 Å². The lowest BCUT2D eigenvalue weighted by Crippen LogP contribution is -2.37. The van der Waals surface area contributed by atoms with Crippen LogP contribution >= 0.6 is 0 Å². The van der Waals surface area contributed by atoms with Gasteiger partial charge in [-0.2, -0.15) is 0 Å². The molecule has 0 aromatic heterocycles. The van der Waals surface area contributed by atoms with Gasteiger partial charge in [-0.3, -0.25) is 0 Å².